The lowest BCUT2D eigenvalue weighted by Crippen LogP contribution is -2.23. The molecule has 0 aliphatic rings. The van der Waals surface area contributed by atoms with Crippen LogP contribution in [0, 0.1) is 13.8 Å². The van der Waals surface area contributed by atoms with E-state index in [1.54, 1.807) is 26.4 Å². The zero-order valence-electron chi connectivity index (χ0n) is 11.6. The number of nitrogens with one attached hydrogen (secondary N) is 1. The van der Waals surface area contributed by atoms with Gasteiger partial charge in [0, 0.05) is 31.7 Å². The predicted molar refractivity (Wildman–Crippen MR) is 75.2 cm³/mol. The lowest BCUT2D eigenvalue weighted by atomic mass is 10.3. The molecule has 2 aromatic rings. The molecule has 0 aliphatic carbocycles. The van der Waals surface area contributed by atoms with Crippen molar-refractivity contribution in [1.29, 1.82) is 0 Å². The molecule has 0 spiro atoms. The summed E-state index contributed by atoms with van der Waals surface area (Å²) in [6.07, 6.45) is 1.63. The van der Waals surface area contributed by atoms with Crippen molar-refractivity contribution >= 4 is 11.6 Å². The van der Waals surface area contributed by atoms with Crippen LogP contribution in [0.1, 0.15) is 21.9 Å². The van der Waals surface area contributed by atoms with Gasteiger partial charge in [0.05, 0.1) is 5.69 Å². The maximum absolute atomic E-state index is 11.9. The number of nitrogens with zero attached hydrogens (tertiary/aromatic N) is 3. The number of hydrogen-bond acceptors (Lipinski definition) is 3. The summed E-state index contributed by atoms with van der Waals surface area (Å²) < 4.78 is 1.97. The second kappa shape index (κ2) is 5.14. The van der Waals surface area contributed by atoms with Gasteiger partial charge in [-0.05, 0) is 38.1 Å². The molecule has 0 fully saturated rings. The van der Waals surface area contributed by atoms with Crippen molar-refractivity contribution in [3.8, 4) is 0 Å². The van der Waals surface area contributed by atoms with Gasteiger partial charge >= 0.3 is 0 Å². The van der Waals surface area contributed by atoms with Crippen molar-refractivity contribution < 1.29 is 4.79 Å². The van der Waals surface area contributed by atoms with Gasteiger partial charge in [0.1, 0.15) is 5.69 Å². The molecule has 100 valence electrons. The van der Waals surface area contributed by atoms with Gasteiger partial charge in [-0.1, -0.05) is 0 Å². The Labute approximate surface area is 112 Å². The van der Waals surface area contributed by atoms with Crippen molar-refractivity contribution in [2.45, 2.75) is 13.8 Å². The molecule has 0 aromatic carbocycles. The molecule has 2 heterocycles. The Bertz CT molecular complexity index is 582. The van der Waals surface area contributed by atoms with Gasteiger partial charge in [0.2, 0.25) is 0 Å². The van der Waals surface area contributed by atoms with Gasteiger partial charge < -0.3 is 4.90 Å². The topological polar surface area (TPSA) is 50.2 Å². The molecule has 0 atom stereocenters. The standard InChI is InChI=1S/C14H18N4O/c1-10-5-6-11(2)18(10)16-12-7-8-15-13(9-12)14(19)17(3)4/h5-9H,1-4H3,(H,15,16). The normalized spacial score (nSPS) is 10.3. The molecule has 0 bridgehead atoms. The molecular formula is C14H18N4O. The molecule has 5 nitrogen and oxygen atoms in total. The summed E-state index contributed by atoms with van der Waals surface area (Å²) in [7, 11) is 3.43. The Morgan fingerprint density at radius 3 is 2.42 bits per heavy atom. The molecule has 19 heavy (non-hydrogen) atoms. The number of carbonyl (C=O) groups is 1. The Balaban J connectivity index is 2.27. The highest BCUT2D eigenvalue weighted by molar-refractivity contribution is 5.92. The third-order valence-corrected chi connectivity index (χ3v) is 2.90. The SMILES string of the molecule is Cc1ccc(C)n1Nc1ccnc(C(=O)N(C)C)c1. The van der Waals surface area contributed by atoms with Crippen LogP contribution >= 0.6 is 0 Å². The summed E-state index contributed by atoms with van der Waals surface area (Å²) in [5, 5.41) is 0. The lowest BCUT2D eigenvalue weighted by molar-refractivity contribution is 0.0822. The number of anilines is 1. The van der Waals surface area contributed by atoms with Crippen LogP contribution in [0.25, 0.3) is 0 Å². The highest BCUT2D eigenvalue weighted by atomic mass is 16.2. The molecule has 1 amide bonds. The molecule has 0 aliphatic heterocycles. The van der Waals surface area contributed by atoms with E-state index < -0.39 is 0 Å². The number of aromatic nitrogens is 2. The van der Waals surface area contributed by atoms with Crippen LogP contribution in [0.15, 0.2) is 30.5 Å². The van der Waals surface area contributed by atoms with Crippen LogP contribution in [0.3, 0.4) is 0 Å². The quantitative estimate of drug-likeness (QED) is 0.917. The summed E-state index contributed by atoms with van der Waals surface area (Å²) in [4.78, 5) is 17.5. The van der Waals surface area contributed by atoms with Gasteiger partial charge in [-0.25, -0.2) is 0 Å². The average molecular weight is 258 g/mol. The molecule has 0 unspecified atom stereocenters. The summed E-state index contributed by atoms with van der Waals surface area (Å²) in [5.41, 5.74) is 6.74. The molecule has 1 N–H and O–H groups in total. The molecule has 2 aromatic heterocycles. The van der Waals surface area contributed by atoms with Gasteiger partial charge in [-0.3, -0.25) is 19.9 Å². The second-order valence-corrected chi connectivity index (χ2v) is 4.69. The van der Waals surface area contributed by atoms with E-state index >= 15 is 0 Å². The number of amides is 1. The summed E-state index contributed by atoms with van der Waals surface area (Å²) in [6, 6.07) is 7.66. The van der Waals surface area contributed by atoms with Gasteiger partial charge in [0.25, 0.3) is 5.91 Å². The maximum Gasteiger partial charge on any atom is 0.272 e. The lowest BCUT2D eigenvalue weighted by Gasteiger charge is -2.14. The first-order valence-electron chi connectivity index (χ1n) is 6.08. The third kappa shape index (κ3) is 2.76. The minimum Gasteiger partial charge on any atom is -0.343 e. The molecule has 2 rings (SSSR count). The molecule has 0 radical (unpaired) electrons. The molecular weight excluding hydrogens is 240 g/mol. The van der Waals surface area contributed by atoms with E-state index in [0.717, 1.165) is 17.1 Å². The van der Waals surface area contributed by atoms with Crippen LogP contribution in [-0.4, -0.2) is 34.6 Å². The molecule has 5 heteroatoms. The highest BCUT2D eigenvalue weighted by Gasteiger charge is 2.10. The number of carbonyl (C=O) groups excluding carboxylic acids is 1. The fraction of sp³-hybridized carbons (Fsp3) is 0.286. The third-order valence-electron chi connectivity index (χ3n) is 2.90. The zero-order chi connectivity index (χ0) is 14.0. The first-order chi connectivity index (χ1) is 8.99. The van der Waals surface area contributed by atoms with Crippen LogP contribution < -0.4 is 5.43 Å². The van der Waals surface area contributed by atoms with Crippen molar-refractivity contribution in [3.05, 3.63) is 47.5 Å². The van der Waals surface area contributed by atoms with E-state index in [2.05, 4.69) is 10.4 Å². The van der Waals surface area contributed by atoms with Crippen LogP contribution in [0.5, 0.6) is 0 Å². The average Bonchev–Trinajstić information content (AvgIpc) is 2.70. The van der Waals surface area contributed by atoms with Gasteiger partial charge in [-0.2, -0.15) is 0 Å². The Morgan fingerprint density at radius 2 is 1.84 bits per heavy atom. The predicted octanol–water partition coefficient (Wildman–Crippen LogP) is 2.08. The minimum atomic E-state index is -0.107. The summed E-state index contributed by atoms with van der Waals surface area (Å²) in [6.45, 7) is 4.04. The van der Waals surface area contributed by atoms with E-state index in [1.807, 2.05) is 36.7 Å². The summed E-state index contributed by atoms with van der Waals surface area (Å²) >= 11 is 0. The van der Waals surface area contributed by atoms with Gasteiger partial charge in [0.15, 0.2) is 0 Å². The number of pyridine rings is 1. The van der Waals surface area contributed by atoms with Crippen molar-refractivity contribution in [2.24, 2.45) is 0 Å². The smallest absolute Gasteiger partial charge is 0.272 e. The monoisotopic (exact) mass is 258 g/mol. The van der Waals surface area contributed by atoms with Crippen LogP contribution in [0.4, 0.5) is 5.69 Å². The second-order valence-electron chi connectivity index (χ2n) is 4.69. The fourth-order valence-corrected chi connectivity index (χ4v) is 1.82. The molecule has 0 saturated heterocycles. The first kappa shape index (κ1) is 13.1. The van der Waals surface area contributed by atoms with E-state index in [-0.39, 0.29) is 5.91 Å². The number of aryl methyl sites for hydroxylation is 2. The summed E-state index contributed by atoms with van der Waals surface area (Å²) in [5.74, 6) is -0.107. The first-order valence-corrected chi connectivity index (χ1v) is 6.08. The van der Waals surface area contributed by atoms with E-state index in [0.29, 0.717) is 5.69 Å². The van der Waals surface area contributed by atoms with Crippen molar-refractivity contribution in [1.82, 2.24) is 14.6 Å². The van der Waals surface area contributed by atoms with E-state index in [1.165, 1.54) is 4.90 Å². The number of rotatable bonds is 3. The van der Waals surface area contributed by atoms with Crippen molar-refractivity contribution in [3.63, 3.8) is 0 Å². The van der Waals surface area contributed by atoms with Crippen LogP contribution in [0.2, 0.25) is 0 Å². The molecule has 0 saturated carbocycles. The minimum absolute atomic E-state index is 0.107. The maximum atomic E-state index is 11.9. The van der Waals surface area contributed by atoms with E-state index in [9.17, 15) is 4.79 Å². The number of hydrogen-bond donors (Lipinski definition) is 1. The van der Waals surface area contributed by atoms with Gasteiger partial charge in [-0.15, -0.1) is 0 Å². The zero-order valence-corrected chi connectivity index (χ0v) is 11.6. The van der Waals surface area contributed by atoms with E-state index in [4.69, 9.17) is 0 Å². The Morgan fingerprint density at radius 1 is 1.21 bits per heavy atom. The Hall–Kier alpha value is -2.30. The van der Waals surface area contributed by atoms with Crippen molar-refractivity contribution in [2.75, 3.05) is 19.5 Å². The highest BCUT2D eigenvalue weighted by Crippen LogP contribution is 2.13. The largest absolute Gasteiger partial charge is 0.343 e. The Kier molecular flexibility index (Phi) is 3.55. The fourth-order valence-electron chi connectivity index (χ4n) is 1.82. The van der Waals surface area contributed by atoms with Crippen LogP contribution in [-0.2, 0) is 0 Å².